The summed E-state index contributed by atoms with van der Waals surface area (Å²) in [4.78, 5) is 35.4. The lowest BCUT2D eigenvalue weighted by Gasteiger charge is -2.17. The Hall–Kier alpha value is -2.95. The molecule has 0 heterocycles. The van der Waals surface area contributed by atoms with E-state index < -0.39 is 6.04 Å². The minimum Gasteiger partial charge on any atom is -0.374 e. The van der Waals surface area contributed by atoms with Crippen molar-refractivity contribution in [1.82, 2.24) is 0 Å². The number of rotatable bonds is 6. The van der Waals surface area contributed by atoms with Gasteiger partial charge in [-0.2, -0.15) is 0 Å². The van der Waals surface area contributed by atoms with E-state index in [4.69, 9.17) is 0 Å². The number of ketones is 2. The minimum atomic E-state index is -0.535. The molecule has 0 aliphatic heterocycles. The van der Waals surface area contributed by atoms with Crippen LogP contribution in [-0.4, -0.2) is 23.5 Å². The topological polar surface area (TPSA) is 75.3 Å². The summed E-state index contributed by atoms with van der Waals surface area (Å²) >= 11 is 0. The van der Waals surface area contributed by atoms with Crippen molar-refractivity contribution < 1.29 is 14.4 Å². The fourth-order valence-electron chi connectivity index (χ4n) is 2.28. The largest absolute Gasteiger partial charge is 0.374 e. The Bertz CT molecular complexity index is 784. The van der Waals surface area contributed by atoms with E-state index in [9.17, 15) is 14.4 Å². The first-order chi connectivity index (χ1) is 11.4. The summed E-state index contributed by atoms with van der Waals surface area (Å²) in [6.45, 7) is 4.67. The smallest absolute Gasteiger partial charge is 0.246 e. The van der Waals surface area contributed by atoms with Crippen molar-refractivity contribution >= 4 is 28.8 Å². The van der Waals surface area contributed by atoms with Crippen LogP contribution in [0.25, 0.3) is 0 Å². The first kappa shape index (κ1) is 17.4. The first-order valence-corrected chi connectivity index (χ1v) is 7.67. The van der Waals surface area contributed by atoms with Gasteiger partial charge < -0.3 is 10.6 Å². The summed E-state index contributed by atoms with van der Waals surface area (Å²) in [6, 6.07) is 13.3. The van der Waals surface area contributed by atoms with Crippen LogP contribution in [0.5, 0.6) is 0 Å². The van der Waals surface area contributed by atoms with Crippen LogP contribution in [0.4, 0.5) is 11.4 Å². The van der Waals surface area contributed by atoms with Crippen LogP contribution >= 0.6 is 0 Å². The van der Waals surface area contributed by atoms with Crippen molar-refractivity contribution in [3.63, 3.8) is 0 Å². The number of amides is 1. The molecule has 0 bridgehead atoms. The molecule has 0 aromatic heterocycles. The van der Waals surface area contributed by atoms with E-state index in [-0.39, 0.29) is 17.5 Å². The Labute approximate surface area is 141 Å². The lowest BCUT2D eigenvalue weighted by molar-refractivity contribution is -0.116. The molecule has 5 heteroatoms. The van der Waals surface area contributed by atoms with E-state index in [2.05, 4.69) is 10.6 Å². The average molecular weight is 324 g/mol. The van der Waals surface area contributed by atoms with Crippen molar-refractivity contribution in [2.45, 2.75) is 26.8 Å². The molecule has 0 fully saturated rings. The van der Waals surface area contributed by atoms with Crippen LogP contribution in [0.3, 0.4) is 0 Å². The number of carbonyl (C=O) groups is 3. The van der Waals surface area contributed by atoms with Crippen LogP contribution in [0.2, 0.25) is 0 Å². The van der Waals surface area contributed by atoms with Crippen molar-refractivity contribution in [1.29, 1.82) is 0 Å². The zero-order valence-corrected chi connectivity index (χ0v) is 13.9. The Balaban J connectivity index is 2.09. The lowest BCUT2D eigenvalue weighted by atomic mass is 10.1. The Morgan fingerprint density at radius 2 is 1.62 bits per heavy atom. The van der Waals surface area contributed by atoms with Crippen LogP contribution in [0.1, 0.15) is 41.5 Å². The van der Waals surface area contributed by atoms with Gasteiger partial charge in [0.25, 0.3) is 0 Å². The van der Waals surface area contributed by atoms with Gasteiger partial charge >= 0.3 is 0 Å². The van der Waals surface area contributed by atoms with E-state index >= 15 is 0 Å². The first-order valence-electron chi connectivity index (χ1n) is 7.67. The number of Topliss-reactive ketones (excluding diaryl/α,β-unsaturated/α-hetero) is 2. The maximum atomic E-state index is 12.4. The van der Waals surface area contributed by atoms with Crippen molar-refractivity contribution in [3.05, 3.63) is 59.7 Å². The number of para-hydroxylation sites is 1. The van der Waals surface area contributed by atoms with Gasteiger partial charge in [-0.25, -0.2) is 0 Å². The maximum Gasteiger partial charge on any atom is 0.246 e. The number of carbonyl (C=O) groups excluding carboxylic acids is 3. The summed E-state index contributed by atoms with van der Waals surface area (Å²) in [5.41, 5.74) is 2.22. The third kappa shape index (κ3) is 4.29. The third-order valence-corrected chi connectivity index (χ3v) is 3.61. The number of benzene rings is 2. The van der Waals surface area contributed by atoms with Crippen molar-refractivity contribution in [3.8, 4) is 0 Å². The normalized spacial score (nSPS) is 11.5. The second-order valence-electron chi connectivity index (χ2n) is 5.59. The Morgan fingerprint density at radius 1 is 0.917 bits per heavy atom. The molecule has 5 nitrogen and oxygen atoms in total. The molecule has 0 aliphatic carbocycles. The summed E-state index contributed by atoms with van der Waals surface area (Å²) in [5, 5.41) is 5.82. The highest BCUT2D eigenvalue weighted by Crippen LogP contribution is 2.17. The molecule has 0 aliphatic rings. The number of nitrogens with one attached hydrogen (secondary N) is 2. The SMILES string of the molecule is CC(=O)c1cccc(N[C@H](C)C(=O)Nc2ccccc2C(C)=O)c1. The van der Waals surface area contributed by atoms with Gasteiger partial charge in [0.15, 0.2) is 11.6 Å². The Kier molecular flexibility index (Phi) is 5.47. The lowest BCUT2D eigenvalue weighted by Crippen LogP contribution is -2.32. The van der Waals surface area contributed by atoms with Gasteiger partial charge in [-0.15, -0.1) is 0 Å². The molecule has 0 saturated heterocycles. The molecule has 124 valence electrons. The quantitative estimate of drug-likeness (QED) is 0.797. The zero-order chi connectivity index (χ0) is 17.7. The summed E-state index contributed by atoms with van der Waals surface area (Å²) < 4.78 is 0. The van der Waals surface area contributed by atoms with E-state index in [0.717, 1.165) is 0 Å². The van der Waals surface area contributed by atoms with Gasteiger partial charge in [-0.3, -0.25) is 14.4 Å². The van der Waals surface area contributed by atoms with E-state index in [1.54, 1.807) is 55.5 Å². The highest BCUT2D eigenvalue weighted by atomic mass is 16.2. The average Bonchev–Trinajstić information content (AvgIpc) is 2.55. The predicted molar refractivity (Wildman–Crippen MR) is 94.6 cm³/mol. The van der Waals surface area contributed by atoms with Gasteiger partial charge in [-0.05, 0) is 45.0 Å². The number of anilines is 2. The molecule has 2 N–H and O–H groups in total. The third-order valence-electron chi connectivity index (χ3n) is 3.61. The minimum absolute atomic E-state index is 0.0360. The van der Waals surface area contributed by atoms with Gasteiger partial charge in [0, 0.05) is 16.8 Å². The number of hydrogen-bond acceptors (Lipinski definition) is 4. The zero-order valence-electron chi connectivity index (χ0n) is 13.9. The van der Waals surface area contributed by atoms with Crippen LogP contribution in [-0.2, 0) is 4.79 Å². The van der Waals surface area contributed by atoms with Gasteiger partial charge in [0.2, 0.25) is 5.91 Å². The van der Waals surface area contributed by atoms with Crippen molar-refractivity contribution in [2.24, 2.45) is 0 Å². The Morgan fingerprint density at radius 3 is 2.29 bits per heavy atom. The molecule has 24 heavy (non-hydrogen) atoms. The number of hydrogen-bond donors (Lipinski definition) is 2. The molecule has 2 aromatic rings. The second kappa shape index (κ2) is 7.55. The molecule has 1 atom stereocenters. The second-order valence-corrected chi connectivity index (χ2v) is 5.59. The van der Waals surface area contributed by atoms with Crippen LogP contribution in [0, 0.1) is 0 Å². The van der Waals surface area contributed by atoms with E-state index in [1.807, 2.05) is 0 Å². The fraction of sp³-hybridized carbons (Fsp3) is 0.211. The van der Waals surface area contributed by atoms with Gasteiger partial charge in [0.05, 0.1) is 5.69 Å². The van der Waals surface area contributed by atoms with Crippen LogP contribution < -0.4 is 10.6 Å². The van der Waals surface area contributed by atoms with Gasteiger partial charge in [-0.1, -0.05) is 24.3 Å². The summed E-state index contributed by atoms with van der Waals surface area (Å²) in [5.74, 6) is -0.413. The van der Waals surface area contributed by atoms with Gasteiger partial charge in [0.1, 0.15) is 6.04 Å². The maximum absolute atomic E-state index is 12.4. The molecule has 2 rings (SSSR count). The molecule has 0 spiro atoms. The molecule has 0 saturated carbocycles. The summed E-state index contributed by atoms with van der Waals surface area (Å²) in [7, 11) is 0. The molecule has 0 radical (unpaired) electrons. The van der Waals surface area contributed by atoms with Crippen molar-refractivity contribution in [2.75, 3.05) is 10.6 Å². The summed E-state index contributed by atoms with van der Waals surface area (Å²) in [6.07, 6.45) is 0. The molecular weight excluding hydrogens is 304 g/mol. The van der Waals surface area contributed by atoms with E-state index in [0.29, 0.717) is 22.5 Å². The molecule has 2 aromatic carbocycles. The predicted octanol–water partition coefficient (Wildman–Crippen LogP) is 3.53. The molecular formula is C19H20N2O3. The highest BCUT2D eigenvalue weighted by Gasteiger charge is 2.16. The monoisotopic (exact) mass is 324 g/mol. The highest BCUT2D eigenvalue weighted by molar-refractivity contribution is 6.05. The molecule has 1 amide bonds. The molecule has 0 unspecified atom stereocenters. The van der Waals surface area contributed by atoms with Crippen LogP contribution in [0.15, 0.2) is 48.5 Å². The van der Waals surface area contributed by atoms with E-state index in [1.165, 1.54) is 13.8 Å². The fourth-order valence-corrected chi connectivity index (χ4v) is 2.28. The standard InChI is InChI=1S/C19H20N2O3/c1-12(20-16-8-6-7-15(11-16)13(2)22)19(24)21-18-10-5-4-9-17(18)14(3)23/h4-12,20H,1-3H3,(H,21,24)/t12-/m1/s1.